The quantitative estimate of drug-likeness (QED) is 0.213. The number of hydrogen-bond donors (Lipinski definition) is 3. The third-order valence-electron chi connectivity index (χ3n) is 11.3. The molecule has 7 heteroatoms. The van der Waals surface area contributed by atoms with Crippen LogP contribution in [-0.4, -0.2) is 52.4 Å². The molecule has 1 aromatic carbocycles. The molecule has 4 aliphatic rings. The topological polar surface area (TPSA) is 103 Å². The van der Waals surface area contributed by atoms with E-state index < -0.39 is 17.1 Å². The van der Waals surface area contributed by atoms with E-state index in [2.05, 4.69) is 31.8 Å². The first-order valence-electron chi connectivity index (χ1n) is 15.7. The van der Waals surface area contributed by atoms with Crippen LogP contribution in [-0.2, 0) is 4.79 Å². The Balaban J connectivity index is 1.36. The van der Waals surface area contributed by atoms with Crippen LogP contribution >= 0.6 is 11.8 Å². The summed E-state index contributed by atoms with van der Waals surface area (Å²) in [5.74, 6) is 1.15. The summed E-state index contributed by atoms with van der Waals surface area (Å²) in [7, 11) is 1.80. The number of thioether (sulfide) groups is 1. The molecule has 0 saturated heterocycles. The molecule has 3 fully saturated rings. The van der Waals surface area contributed by atoms with Gasteiger partial charge in [-0.2, -0.15) is 0 Å². The largest absolute Gasteiger partial charge is 0.451 e. The van der Waals surface area contributed by atoms with Crippen LogP contribution in [0.25, 0.3) is 0 Å². The number of rotatable bonds is 9. The van der Waals surface area contributed by atoms with E-state index in [1.807, 2.05) is 37.3 Å². The highest BCUT2D eigenvalue weighted by atomic mass is 32.2. The molecule has 3 saturated carbocycles. The number of Topliss-reactive ketones (excluding diaryl/α,β-unsaturated/α-hetero) is 1. The first-order valence-corrected chi connectivity index (χ1v) is 16.7. The number of aliphatic hydroxyl groups is 2. The summed E-state index contributed by atoms with van der Waals surface area (Å²) in [5.41, 5.74) is 0.960. The van der Waals surface area contributed by atoms with Gasteiger partial charge in [0.15, 0.2) is 10.9 Å². The minimum absolute atomic E-state index is 0.0426. The Morgan fingerprint density at radius 3 is 2.69 bits per heavy atom. The maximum atomic E-state index is 14.0. The molecule has 228 valence electrons. The number of carbonyl (C=O) groups excluding carboxylic acids is 1. The monoisotopic (exact) mass is 592 g/mol. The number of hydrogen-bond acceptors (Lipinski definition) is 7. The highest BCUT2D eigenvalue weighted by molar-refractivity contribution is 8.03. The van der Waals surface area contributed by atoms with E-state index in [9.17, 15) is 15.0 Å². The van der Waals surface area contributed by atoms with Gasteiger partial charge < -0.3 is 20.4 Å². The maximum Gasteiger partial charge on any atom is 0.175 e. The van der Waals surface area contributed by atoms with Crippen LogP contribution < -0.4 is 4.74 Å². The zero-order valence-electron chi connectivity index (χ0n) is 25.9. The lowest BCUT2D eigenvalue weighted by molar-refractivity contribution is -0.178. The average Bonchev–Trinajstić information content (AvgIpc) is 3.24. The van der Waals surface area contributed by atoms with Gasteiger partial charge in [-0.1, -0.05) is 62.7 Å². The first-order chi connectivity index (χ1) is 20.0. The maximum absolute atomic E-state index is 14.0. The van der Waals surface area contributed by atoms with Crippen molar-refractivity contribution >= 4 is 29.5 Å². The summed E-state index contributed by atoms with van der Waals surface area (Å²) in [6, 6.07) is 7.86. The molecular formula is C35H48N2O4S. The fourth-order valence-corrected chi connectivity index (χ4v) is 9.99. The van der Waals surface area contributed by atoms with Gasteiger partial charge in [-0.15, -0.1) is 0 Å². The van der Waals surface area contributed by atoms with Gasteiger partial charge in [-0.05, 0) is 98.8 Å². The molecule has 0 amide bonds. The van der Waals surface area contributed by atoms with Crippen molar-refractivity contribution in [1.82, 2.24) is 0 Å². The van der Waals surface area contributed by atoms with E-state index in [0.717, 1.165) is 55.5 Å². The molecule has 6 nitrogen and oxygen atoms in total. The predicted molar refractivity (Wildman–Crippen MR) is 171 cm³/mol. The summed E-state index contributed by atoms with van der Waals surface area (Å²) in [6.07, 6.45) is 11.2. The standard InChI is InChI=1S/C35H48N2O4S/c1-6-7-12-31(41-29-11-9-8-10-22(29)2)42-21-30(39)35(40)16-15-26-25-14-13-24-17-27(37-5)23(20-36)18-33(24,3)32(25)28(38)19-34(26,35)4/h8-12,17,20,23,25-26,28,32,36,38,40H,6-7,13-16,18-19,21H2,1-5H3. The van der Waals surface area contributed by atoms with Crippen LogP contribution in [0, 0.1) is 46.8 Å². The van der Waals surface area contributed by atoms with Gasteiger partial charge in [0.05, 0.1) is 11.9 Å². The molecule has 8 unspecified atom stereocenters. The second-order valence-electron chi connectivity index (χ2n) is 13.5. The summed E-state index contributed by atoms with van der Waals surface area (Å²) < 4.78 is 6.23. The molecule has 8 atom stereocenters. The van der Waals surface area contributed by atoms with Crippen LogP contribution in [0.15, 0.2) is 52.1 Å². The number of aliphatic hydroxyl groups excluding tert-OH is 1. The number of para-hydroxylation sites is 1. The molecular weight excluding hydrogens is 544 g/mol. The molecule has 5 rings (SSSR count). The molecule has 0 radical (unpaired) electrons. The molecule has 42 heavy (non-hydrogen) atoms. The van der Waals surface area contributed by atoms with Gasteiger partial charge in [0, 0.05) is 30.3 Å². The van der Waals surface area contributed by atoms with Crippen LogP contribution in [0.5, 0.6) is 5.75 Å². The number of benzene rings is 1. The Morgan fingerprint density at radius 2 is 2.00 bits per heavy atom. The van der Waals surface area contributed by atoms with Crippen molar-refractivity contribution in [3.8, 4) is 5.75 Å². The van der Waals surface area contributed by atoms with Crippen molar-refractivity contribution in [2.45, 2.75) is 90.8 Å². The van der Waals surface area contributed by atoms with Crippen molar-refractivity contribution in [1.29, 1.82) is 5.41 Å². The number of unbranched alkanes of at least 4 members (excludes halogenated alkanes) is 1. The van der Waals surface area contributed by atoms with E-state index in [1.165, 1.54) is 23.5 Å². The Morgan fingerprint density at radius 1 is 1.24 bits per heavy atom. The summed E-state index contributed by atoms with van der Waals surface area (Å²) in [4.78, 5) is 18.4. The van der Waals surface area contributed by atoms with E-state index >= 15 is 0 Å². The van der Waals surface area contributed by atoms with Gasteiger partial charge in [-0.25, -0.2) is 0 Å². The van der Waals surface area contributed by atoms with E-state index in [-0.39, 0.29) is 40.6 Å². The lowest BCUT2D eigenvalue weighted by atomic mass is 9.45. The summed E-state index contributed by atoms with van der Waals surface area (Å²) in [6.45, 7) is 8.44. The Labute approximate surface area is 255 Å². The van der Waals surface area contributed by atoms with E-state index in [0.29, 0.717) is 17.9 Å². The van der Waals surface area contributed by atoms with Crippen LogP contribution in [0.3, 0.4) is 0 Å². The number of aryl methyl sites for hydroxylation is 1. The number of ketones is 1. The highest BCUT2D eigenvalue weighted by Crippen LogP contribution is 2.68. The third-order valence-corrected chi connectivity index (χ3v) is 12.3. The predicted octanol–water partition coefficient (Wildman–Crippen LogP) is 6.93. The zero-order valence-corrected chi connectivity index (χ0v) is 26.7. The van der Waals surface area contributed by atoms with Crippen LogP contribution in [0.2, 0.25) is 0 Å². The molecule has 3 N–H and O–H groups in total. The van der Waals surface area contributed by atoms with Gasteiger partial charge in [0.25, 0.3) is 0 Å². The SMILES string of the molecule is CCCC=C(Oc1ccccc1C)SCC(=O)C1(O)CCC2C3CCC4=CC(=NC)C(C=N)CC4(C)C3C(O)CC21C. The van der Waals surface area contributed by atoms with Gasteiger partial charge in [0.2, 0.25) is 0 Å². The molecule has 0 bridgehead atoms. The normalized spacial score (nSPS) is 38.7. The molecule has 0 heterocycles. The summed E-state index contributed by atoms with van der Waals surface area (Å²) in [5, 5.41) is 32.8. The first kappa shape index (κ1) is 31.2. The Bertz CT molecular complexity index is 1310. The van der Waals surface area contributed by atoms with Gasteiger partial charge >= 0.3 is 0 Å². The van der Waals surface area contributed by atoms with Crippen molar-refractivity contribution < 1.29 is 19.7 Å². The molecule has 1 aromatic rings. The second-order valence-corrected chi connectivity index (χ2v) is 14.5. The zero-order chi connectivity index (χ0) is 30.3. The van der Waals surface area contributed by atoms with Crippen LogP contribution in [0.1, 0.15) is 77.7 Å². The number of nitrogens with one attached hydrogen (secondary N) is 1. The number of nitrogens with zero attached hydrogens (tertiary/aromatic N) is 1. The van der Waals surface area contributed by atoms with Crippen molar-refractivity contribution in [3.05, 3.63) is 52.6 Å². The number of ether oxygens (including phenoxy) is 1. The van der Waals surface area contributed by atoms with E-state index in [1.54, 1.807) is 7.05 Å². The Kier molecular flexibility index (Phi) is 8.95. The minimum Gasteiger partial charge on any atom is -0.451 e. The summed E-state index contributed by atoms with van der Waals surface area (Å²) >= 11 is 1.37. The van der Waals surface area contributed by atoms with Gasteiger partial charge in [0.1, 0.15) is 11.4 Å². The lowest BCUT2D eigenvalue weighted by Crippen LogP contribution is -2.62. The molecule has 4 aliphatic carbocycles. The molecule has 0 aromatic heterocycles. The van der Waals surface area contributed by atoms with E-state index in [4.69, 9.17) is 10.1 Å². The number of allylic oxidation sites excluding steroid dienone is 3. The van der Waals surface area contributed by atoms with Crippen molar-refractivity contribution in [2.75, 3.05) is 12.8 Å². The van der Waals surface area contributed by atoms with Crippen molar-refractivity contribution in [2.24, 2.45) is 39.5 Å². The van der Waals surface area contributed by atoms with Crippen molar-refractivity contribution in [3.63, 3.8) is 0 Å². The number of fused-ring (bicyclic) bond motifs is 5. The average molecular weight is 593 g/mol. The van der Waals surface area contributed by atoms with Gasteiger partial charge in [-0.3, -0.25) is 9.79 Å². The highest BCUT2D eigenvalue weighted by Gasteiger charge is 2.68. The Hall–Kier alpha value is -2.22. The number of carbonyl (C=O) groups is 1. The fourth-order valence-electron chi connectivity index (χ4n) is 9.09. The fraction of sp³-hybridized carbons (Fsp3) is 0.629. The van der Waals surface area contributed by atoms with Crippen LogP contribution in [0.4, 0.5) is 0 Å². The molecule has 0 aliphatic heterocycles. The minimum atomic E-state index is -1.47. The second kappa shape index (κ2) is 12.0. The molecule has 0 spiro atoms. The number of aliphatic imine (C=N–C) groups is 1. The third kappa shape index (κ3) is 5.13. The lowest BCUT2D eigenvalue weighted by Gasteiger charge is -2.61. The smallest absolute Gasteiger partial charge is 0.175 e.